The van der Waals surface area contributed by atoms with Crippen molar-refractivity contribution < 1.29 is 22.7 Å². The Kier molecular flexibility index (Phi) is 7.87. The van der Waals surface area contributed by atoms with E-state index in [0.717, 1.165) is 55.4 Å². The van der Waals surface area contributed by atoms with Crippen molar-refractivity contribution in [3.63, 3.8) is 0 Å². The van der Waals surface area contributed by atoms with E-state index < -0.39 is 17.7 Å². The van der Waals surface area contributed by atoms with Crippen LogP contribution in [0.4, 0.5) is 18.9 Å². The zero-order valence-corrected chi connectivity index (χ0v) is 23.4. The topological polar surface area (TPSA) is 86.4 Å². The van der Waals surface area contributed by atoms with Crippen LogP contribution in [0.2, 0.25) is 0 Å². The van der Waals surface area contributed by atoms with Gasteiger partial charge >= 0.3 is 6.18 Å². The van der Waals surface area contributed by atoms with Gasteiger partial charge in [-0.2, -0.15) is 13.2 Å². The molecule has 1 aromatic carbocycles. The monoisotopic (exact) mass is 578 g/mol. The normalized spacial score (nSPS) is 18.1. The summed E-state index contributed by atoms with van der Waals surface area (Å²) in [6, 6.07) is 9.68. The highest BCUT2D eigenvalue weighted by Crippen LogP contribution is 2.36. The Morgan fingerprint density at radius 3 is 2.69 bits per heavy atom. The van der Waals surface area contributed by atoms with Crippen molar-refractivity contribution in [3.05, 3.63) is 77.4 Å². The number of ether oxygens (including phenoxy) is 1. The molecule has 1 aliphatic heterocycles. The van der Waals surface area contributed by atoms with Gasteiger partial charge in [0.05, 0.1) is 17.1 Å². The molecule has 0 spiro atoms. The number of piperazine rings is 1. The molecule has 1 amide bonds. The van der Waals surface area contributed by atoms with Crippen molar-refractivity contribution in [3.8, 4) is 11.5 Å². The third-order valence-electron chi connectivity index (χ3n) is 8.24. The van der Waals surface area contributed by atoms with Crippen molar-refractivity contribution in [1.82, 2.24) is 24.8 Å². The highest BCUT2D eigenvalue weighted by Gasteiger charge is 2.35. The first-order chi connectivity index (χ1) is 20.3. The largest absolute Gasteiger partial charge is 0.455 e. The molecule has 1 unspecified atom stereocenters. The molecule has 1 saturated heterocycles. The van der Waals surface area contributed by atoms with Crippen molar-refractivity contribution >= 4 is 22.6 Å². The van der Waals surface area contributed by atoms with Crippen LogP contribution in [-0.2, 0) is 30.4 Å². The second-order valence-corrected chi connectivity index (χ2v) is 10.9. The molecule has 0 bridgehead atoms. The summed E-state index contributed by atoms with van der Waals surface area (Å²) in [4.78, 5) is 29.4. The maximum atomic E-state index is 14.1. The quantitative estimate of drug-likeness (QED) is 0.295. The minimum Gasteiger partial charge on any atom is -0.455 e. The van der Waals surface area contributed by atoms with Gasteiger partial charge in [0.2, 0.25) is 5.91 Å². The molecule has 220 valence electrons. The van der Waals surface area contributed by atoms with E-state index in [9.17, 15) is 18.0 Å². The van der Waals surface area contributed by atoms with Gasteiger partial charge in [0.25, 0.3) is 0 Å². The number of benzene rings is 1. The number of hydrogen-bond acceptors (Lipinski definition) is 6. The van der Waals surface area contributed by atoms with Gasteiger partial charge in [-0.05, 0) is 67.3 Å². The second-order valence-electron chi connectivity index (χ2n) is 10.9. The lowest BCUT2D eigenvalue weighted by molar-refractivity contribution is -0.138. The predicted octanol–water partition coefficient (Wildman–Crippen LogP) is 5.65. The third kappa shape index (κ3) is 6.12. The molecule has 4 aromatic rings. The van der Waals surface area contributed by atoms with Crippen LogP contribution in [0, 0.1) is 5.92 Å². The molecule has 1 fully saturated rings. The number of pyridine rings is 2. The first kappa shape index (κ1) is 28.2. The molecule has 0 saturated carbocycles. The smallest absolute Gasteiger partial charge is 0.416 e. The van der Waals surface area contributed by atoms with Crippen LogP contribution in [0.25, 0.3) is 11.0 Å². The summed E-state index contributed by atoms with van der Waals surface area (Å²) < 4.78 is 48.3. The van der Waals surface area contributed by atoms with Crippen molar-refractivity contribution in [2.24, 2.45) is 5.92 Å². The Balaban J connectivity index is 1.13. The van der Waals surface area contributed by atoms with Gasteiger partial charge in [-0.3, -0.25) is 14.7 Å². The fourth-order valence-electron chi connectivity index (χ4n) is 5.83. The highest BCUT2D eigenvalue weighted by atomic mass is 19.4. The summed E-state index contributed by atoms with van der Waals surface area (Å²) in [6.45, 7) is 6.41. The molecule has 2 N–H and O–H groups in total. The van der Waals surface area contributed by atoms with E-state index in [1.54, 1.807) is 30.7 Å². The molecule has 42 heavy (non-hydrogen) atoms. The van der Waals surface area contributed by atoms with Crippen LogP contribution in [0.1, 0.15) is 35.7 Å². The number of aromatic nitrogens is 3. The zero-order chi connectivity index (χ0) is 29.3. The number of nitrogens with one attached hydrogen (secondary N) is 2. The maximum absolute atomic E-state index is 14.1. The molecule has 1 aliphatic carbocycles. The minimum atomic E-state index is -4.52. The van der Waals surface area contributed by atoms with E-state index in [1.165, 1.54) is 6.07 Å². The summed E-state index contributed by atoms with van der Waals surface area (Å²) in [6.07, 6.45) is 2.19. The number of halogens is 3. The van der Waals surface area contributed by atoms with Gasteiger partial charge in [-0.15, -0.1) is 0 Å². The van der Waals surface area contributed by atoms with Gasteiger partial charge < -0.3 is 19.9 Å². The fourth-order valence-corrected chi connectivity index (χ4v) is 5.83. The van der Waals surface area contributed by atoms with Gasteiger partial charge in [-0.25, -0.2) is 4.98 Å². The molecule has 6 rings (SSSR count). The summed E-state index contributed by atoms with van der Waals surface area (Å²) in [5.41, 5.74) is 2.18. The van der Waals surface area contributed by atoms with E-state index in [2.05, 4.69) is 37.0 Å². The minimum absolute atomic E-state index is 0.154. The number of carbonyl (C=O) groups is 1. The number of fused-ring (bicyclic) bond motifs is 2. The molecule has 2 aliphatic rings. The van der Waals surface area contributed by atoms with Gasteiger partial charge in [0, 0.05) is 62.4 Å². The number of nitrogens with zero attached hydrogens (tertiary/aromatic N) is 4. The molecule has 8 nitrogen and oxygen atoms in total. The number of aryl methyl sites for hydroxylation is 1. The van der Waals surface area contributed by atoms with Crippen molar-refractivity contribution in [1.29, 1.82) is 0 Å². The number of amides is 1. The first-order valence-corrected chi connectivity index (χ1v) is 14.3. The van der Waals surface area contributed by atoms with E-state index in [0.29, 0.717) is 36.4 Å². The molecule has 0 radical (unpaired) electrons. The van der Waals surface area contributed by atoms with Crippen LogP contribution >= 0.6 is 0 Å². The molecule has 4 heterocycles. The Morgan fingerprint density at radius 1 is 1.10 bits per heavy atom. The molecule has 11 heteroatoms. The van der Waals surface area contributed by atoms with Crippen LogP contribution in [0.5, 0.6) is 11.5 Å². The van der Waals surface area contributed by atoms with Crippen molar-refractivity contribution in [2.75, 3.05) is 38.0 Å². The highest BCUT2D eigenvalue weighted by molar-refractivity contribution is 5.93. The summed E-state index contributed by atoms with van der Waals surface area (Å²) in [5, 5.41) is 3.59. The number of H-pyrrole nitrogens is 1. The predicted molar refractivity (Wildman–Crippen MR) is 153 cm³/mol. The molecule has 3 aromatic heterocycles. The number of hydrogen-bond donors (Lipinski definition) is 2. The van der Waals surface area contributed by atoms with Gasteiger partial charge in [0.1, 0.15) is 17.1 Å². The summed E-state index contributed by atoms with van der Waals surface area (Å²) in [5.74, 6) is 0.493. The van der Waals surface area contributed by atoms with Crippen molar-refractivity contribution in [2.45, 2.75) is 38.9 Å². The van der Waals surface area contributed by atoms with E-state index in [4.69, 9.17) is 4.74 Å². The zero-order valence-electron chi connectivity index (χ0n) is 23.4. The Bertz CT molecular complexity index is 1580. The first-order valence-electron chi connectivity index (χ1n) is 14.3. The van der Waals surface area contributed by atoms with Gasteiger partial charge in [-0.1, -0.05) is 13.0 Å². The standard InChI is InChI=1S/C31H33F3N6O2/c1-2-39-11-13-40(14-12-39)19-21-3-5-23(17-26(21)31(32,33)34)38-30(41)20-4-6-27-22(15-20)16-24(18-37-27)42-28-8-10-36-29-25(28)7-9-35-29/h3,5,7-10,16-18,20H,2,4,6,11-15,19H2,1H3,(H,35,36)(H,38,41). The van der Waals surface area contributed by atoms with E-state index in [1.807, 2.05) is 12.1 Å². The lowest BCUT2D eigenvalue weighted by Crippen LogP contribution is -2.45. The average molecular weight is 579 g/mol. The van der Waals surface area contributed by atoms with E-state index >= 15 is 0 Å². The van der Waals surface area contributed by atoms with Crippen LogP contribution in [0.3, 0.4) is 0 Å². The SMILES string of the molecule is CCN1CCN(Cc2ccc(NC(=O)C3CCc4ncc(Oc5ccnc6[nH]ccc56)cc4C3)cc2C(F)(F)F)CC1. The number of alkyl halides is 3. The number of carbonyl (C=O) groups excluding carboxylic acids is 1. The van der Waals surface area contributed by atoms with E-state index in [-0.39, 0.29) is 23.7 Å². The lowest BCUT2D eigenvalue weighted by atomic mass is 9.86. The number of aromatic amines is 1. The molecular weight excluding hydrogens is 545 g/mol. The Labute approximate surface area is 241 Å². The van der Waals surface area contributed by atoms with Crippen LogP contribution in [0.15, 0.2) is 55.0 Å². The fraction of sp³-hybridized carbons (Fsp3) is 0.387. The third-order valence-corrected chi connectivity index (χ3v) is 8.24. The average Bonchev–Trinajstić information content (AvgIpc) is 3.47. The van der Waals surface area contributed by atoms with Crippen LogP contribution < -0.4 is 10.1 Å². The second kappa shape index (κ2) is 11.7. The number of likely N-dealkylation sites (N-methyl/N-ethyl adjacent to an activating group) is 1. The summed E-state index contributed by atoms with van der Waals surface area (Å²) >= 11 is 0. The summed E-state index contributed by atoms with van der Waals surface area (Å²) in [7, 11) is 0. The lowest BCUT2D eigenvalue weighted by Gasteiger charge is -2.34. The molecular formula is C31H33F3N6O2. The van der Waals surface area contributed by atoms with Crippen LogP contribution in [-0.4, -0.2) is 63.4 Å². The maximum Gasteiger partial charge on any atom is 0.416 e. The Morgan fingerprint density at radius 2 is 1.90 bits per heavy atom. The Hall–Kier alpha value is -3.96. The number of rotatable bonds is 7. The molecule has 1 atom stereocenters. The number of anilines is 1. The van der Waals surface area contributed by atoms with Gasteiger partial charge in [0.15, 0.2) is 0 Å².